The van der Waals surface area contributed by atoms with E-state index in [1.54, 1.807) is 0 Å². The van der Waals surface area contributed by atoms with Crippen LogP contribution in [0.4, 0.5) is 0 Å². The smallest absolute Gasteiger partial charge is 0.223 e. The fourth-order valence-corrected chi connectivity index (χ4v) is 3.06. The number of nitrogens with zero attached hydrogens (tertiary/aromatic N) is 2. The average Bonchev–Trinajstić information content (AvgIpc) is 2.47. The third-order valence-electron chi connectivity index (χ3n) is 4.52. The number of aliphatic hydroxyl groups is 1. The van der Waals surface area contributed by atoms with Crippen molar-refractivity contribution in [3.8, 4) is 5.75 Å². The molecule has 1 aromatic heterocycles. The molecule has 2 atom stereocenters. The van der Waals surface area contributed by atoms with E-state index in [1.165, 1.54) is 31.5 Å². The van der Waals surface area contributed by atoms with Crippen molar-refractivity contribution in [2.75, 3.05) is 13.2 Å². The molecule has 0 bridgehead atoms. The zero-order valence-corrected chi connectivity index (χ0v) is 13.0. The van der Waals surface area contributed by atoms with Gasteiger partial charge in [0.1, 0.15) is 0 Å². The van der Waals surface area contributed by atoms with Gasteiger partial charge >= 0.3 is 0 Å². The minimum Gasteiger partial charge on any atom is -0.503 e. The van der Waals surface area contributed by atoms with E-state index in [0.29, 0.717) is 12.6 Å². The van der Waals surface area contributed by atoms with Gasteiger partial charge in [-0.3, -0.25) is 9.69 Å². The molecule has 1 aliphatic rings. The molecule has 5 heteroatoms. The summed E-state index contributed by atoms with van der Waals surface area (Å²) in [6.07, 6.45) is 5.84. The summed E-state index contributed by atoms with van der Waals surface area (Å²) >= 11 is 0. The van der Waals surface area contributed by atoms with Crippen molar-refractivity contribution in [2.45, 2.75) is 58.2 Å². The second-order valence-electron chi connectivity index (χ2n) is 5.98. The number of aromatic nitrogens is 1. The third-order valence-corrected chi connectivity index (χ3v) is 4.52. The first-order chi connectivity index (χ1) is 10.1. The average molecular weight is 294 g/mol. The van der Waals surface area contributed by atoms with Gasteiger partial charge in [-0.05, 0) is 32.7 Å². The molecule has 118 valence electrons. The molecule has 1 aromatic rings. The lowest BCUT2D eigenvalue weighted by molar-refractivity contribution is 0.144. The zero-order chi connectivity index (χ0) is 15.4. The maximum atomic E-state index is 11.8. The maximum Gasteiger partial charge on any atom is 0.223 e. The number of likely N-dealkylation sites (tertiary alicyclic amines) is 1. The van der Waals surface area contributed by atoms with E-state index in [9.17, 15) is 15.0 Å². The summed E-state index contributed by atoms with van der Waals surface area (Å²) in [5.41, 5.74) is 0.520. The first-order valence-electron chi connectivity index (χ1n) is 7.85. The lowest BCUT2D eigenvalue weighted by Gasteiger charge is -2.34. The van der Waals surface area contributed by atoms with E-state index in [4.69, 9.17) is 0 Å². The lowest BCUT2D eigenvalue weighted by atomic mass is 10.0. The molecule has 21 heavy (non-hydrogen) atoms. The number of pyridine rings is 1. The third kappa shape index (κ3) is 3.66. The fraction of sp³-hybridized carbons (Fsp3) is 0.688. The lowest BCUT2D eigenvalue weighted by Crippen LogP contribution is -2.38. The highest BCUT2D eigenvalue weighted by molar-refractivity contribution is 5.21. The van der Waals surface area contributed by atoms with E-state index >= 15 is 0 Å². The van der Waals surface area contributed by atoms with E-state index in [-0.39, 0.29) is 23.8 Å². The number of aliphatic hydroxyl groups excluding tert-OH is 1. The number of piperidine rings is 1. The molecule has 5 nitrogen and oxygen atoms in total. The van der Waals surface area contributed by atoms with Crippen molar-refractivity contribution in [3.05, 3.63) is 28.2 Å². The Morgan fingerprint density at radius 2 is 2.19 bits per heavy atom. The molecule has 2 unspecified atom stereocenters. The van der Waals surface area contributed by atoms with Crippen molar-refractivity contribution >= 4 is 0 Å². The highest BCUT2D eigenvalue weighted by Crippen LogP contribution is 2.22. The minimum absolute atomic E-state index is 0.00135. The Balaban J connectivity index is 2.32. The topological polar surface area (TPSA) is 65.7 Å². The van der Waals surface area contributed by atoms with Crippen LogP contribution in [0, 0.1) is 0 Å². The van der Waals surface area contributed by atoms with Crippen molar-refractivity contribution in [3.63, 3.8) is 0 Å². The fourth-order valence-electron chi connectivity index (χ4n) is 3.06. The van der Waals surface area contributed by atoms with Crippen LogP contribution in [0.5, 0.6) is 5.75 Å². The van der Waals surface area contributed by atoms with Gasteiger partial charge in [-0.25, -0.2) is 0 Å². The predicted octanol–water partition coefficient (Wildman–Crippen LogP) is 1.87. The standard InChI is InChI=1S/C16H26N2O3/c1-3-13(11-19)18-10-16(21)15(20)8-14(18)9-17-7-5-4-6-12(17)2/h8,10,12-13,19,21H,3-7,9,11H2,1-2H3. The van der Waals surface area contributed by atoms with Crippen molar-refractivity contribution in [1.29, 1.82) is 0 Å². The van der Waals surface area contributed by atoms with Crippen LogP contribution in [0.15, 0.2) is 17.1 Å². The Bertz CT molecular complexity index is 523. The maximum absolute atomic E-state index is 11.8. The molecule has 1 aliphatic heterocycles. The summed E-state index contributed by atoms with van der Waals surface area (Å²) in [5, 5.41) is 19.2. The normalized spacial score (nSPS) is 21.4. The van der Waals surface area contributed by atoms with Gasteiger partial charge in [-0.1, -0.05) is 13.3 Å². The molecule has 0 aromatic carbocycles. The van der Waals surface area contributed by atoms with Gasteiger partial charge < -0.3 is 14.8 Å². The summed E-state index contributed by atoms with van der Waals surface area (Å²) in [7, 11) is 0. The number of aromatic hydroxyl groups is 1. The Kier molecular flexibility index (Phi) is 5.42. The molecule has 1 fully saturated rings. The molecule has 0 saturated carbocycles. The summed E-state index contributed by atoms with van der Waals surface area (Å²) in [4.78, 5) is 14.1. The van der Waals surface area contributed by atoms with Gasteiger partial charge in [-0.15, -0.1) is 0 Å². The predicted molar refractivity (Wildman–Crippen MR) is 82.5 cm³/mol. The second-order valence-corrected chi connectivity index (χ2v) is 5.98. The van der Waals surface area contributed by atoms with Crippen LogP contribution in [0.1, 0.15) is 51.3 Å². The largest absolute Gasteiger partial charge is 0.503 e. The van der Waals surface area contributed by atoms with Crippen molar-refractivity contribution in [1.82, 2.24) is 9.47 Å². The molecule has 2 rings (SSSR count). The van der Waals surface area contributed by atoms with Gasteiger partial charge in [0.2, 0.25) is 5.43 Å². The van der Waals surface area contributed by atoms with E-state index in [0.717, 1.165) is 18.7 Å². The van der Waals surface area contributed by atoms with Gasteiger partial charge in [0.05, 0.1) is 18.8 Å². The Labute approximate surface area is 125 Å². The minimum atomic E-state index is -0.348. The quantitative estimate of drug-likeness (QED) is 0.870. The summed E-state index contributed by atoms with van der Waals surface area (Å²) in [6, 6.07) is 1.91. The Morgan fingerprint density at radius 1 is 1.43 bits per heavy atom. The highest BCUT2D eigenvalue weighted by atomic mass is 16.3. The van der Waals surface area contributed by atoms with Crippen LogP contribution < -0.4 is 5.43 Å². The second kappa shape index (κ2) is 7.09. The number of rotatable bonds is 5. The molecule has 2 N–H and O–H groups in total. The highest BCUT2D eigenvalue weighted by Gasteiger charge is 2.21. The summed E-state index contributed by atoms with van der Waals surface area (Å²) < 4.78 is 1.86. The Hall–Kier alpha value is -1.33. The van der Waals surface area contributed by atoms with Crippen LogP contribution in [0.2, 0.25) is 0 Å². The summed E-state index contributed by atoms with van der Waals surface area (Å²) in [5.74, 6) is -0.252. The van der Waals surface area contributed by atoms with Crippen molar-refractivity contribution in [2.24, 2.45) is 0 Å². The van der Waals surface area contributed by atoms with Crippen LogP contribution in [-0.2, 0) is 6.54 Å². The molecule has 1 saturated heterocycles. The first-order valence-corrected chi connectivity index (χ1v) is 7.85. The van der Waals surface area contributed by atoms with Crippen LogP contribution in [0.3, 0.4) is 0 Å². The molecule has 0 amide bonds. The molecule has 2 heterocycles. The van der Waals surface area contributed by atoms with Crippen LogP contribution >= 0.6 is 0 Å². The SMILES string of the molecule is CCC(CO)n1cc(O)c(=O)cc1CN1CCCCC1C. The monoisotopic (exact) mass is 294 g/mol. The van der Waals surface area contributed by atoms with Crippen LogP contribution in [0.25, 0.3) is 0 Å². The number of hydrogen-bond acceptors (Lipinski definition) is 4. The first kappa shape index (κ1) is 16.0. The molecule has 0 radical (unpaired) electrons. The van der Waals surface area contributed by atoms with Gasteiger partial charge in [0.25, 0.3) is 0 Å². The van der Waals surface area contributed by atoms with Crippen molar-refractivity contribution < 1.29 is 10.2 Å². The zero-order valence-electron chi connectivity index (χ0n) is 13.0. The van der Waals surface area contributed by atoms with Gasteiger partial charge in [0.15, 0.2) is 5.75 Å². The van der Waals surface area contributed by atoms with Gasteiger partial charge in [0, 0.05) is 24.3 Å². The molecule has 0 aliphatic carbocycles. The van der Waals surface area contributed by atoms with Crippen LogP contribution in [-0.4, -0.2) is 38.9 Å². The number of hydrogen-bond donors (Lipinski definition) is 2. The molecular formula is C16H26N2O3. The van der Waals surface area contributed by atoms with E-state index in [2.05, 4.69) is 11.8 Å². The molecule has 0 spiro atoms. The Morgan fingerprint density at radius 3 is 2.81 bits per heavy atom. The van der Waals surface area contributed by atoms with E-state index in [1.807, 2.05) is 11.5 Å². The van der Waals surface area contributed by atoms with Gasteiger partial charge in [-0.2, -0.15) is 0 Å². The summed E-state index contributed by atoms with van der Waals surface area (Å²) in [6.45, 7) is 5.93. The van der Waals surface area contributed by atoms with E-state index < -0.39 is 0 Å². The molecular weight excluding hydrogens is 268 g/mol.